The summed E-state index contributed by atoms with van der Waals surface area (Å²) < 4.78 is 5.45. The van der Waals surface area contributed by atoms with E-state index >= 15 is 0 Å². The molecule has 0 unspecified atom stereocenters. The van der Waals surface area contributed by atoms with Gasteiger partial charge in [0.2, 0.25) is 5.95 Å². The van der Waals surface area contributed by atoms with E-state index in [1.807, 2.05) is 0 Å². The molecular weight excluding hydrogens is 268 g/mol. The first kappa shape index (κ1) is 13.1. The van der Waals surface area contributed by atoms with Crippen LogP contribution in [0.1, 0.15) is 0 Å². The molecular formula is C10H16N6O4. The van der Waals surface area contributed by atoms with E-state index in [-0.39, 0.29) is 18.4 Å². The maximum Gasteiger partial charge on any atom is 0.224 e. The Bertz CT molecular complexity index is 529. The summed E-state index contributed by atoms with van der Waals surface area (Å²) in [6, 6.07) is 0. The van der Waals surface area contributed by atoms with Crippen molar-refractivity contribution in [2.24, 2.45) is 0 Å². The molecule has 0 spiro atoms. The third-order valence-electron chi connectivity index (χ3n) is 3.46. The highest BCUT2D eigenvalue weighted by Gasteiger charge is 2.47. The third-order valence-corrected chi connectivity index (χ3v) is 3.46. The fraction of sp³-hybridized carbons (Fsp3) is 0.600. The van der Waals surface area contributed by atoms with Crippen molar-refractivity contribution in [1.82, 2.24) is 9.97 Å². The van der Waals surface area contributed by atoms with Crippen molar-refractivity contribution in [3.63, 3.8) is 0 Å². The topological polar surface area (TPSA) is 163 Å². The van der Waals surface area contributed by atoms with Gasteiger partial charge in [-0.25, -0.2) is 0 Å². The molecule has 0 aromatic carbocycles. The van der Waals surface area contributed by atoms with Crippen molar-refractivity contribution in [2.45, 2.75) is 24.5 Å². The van der Waals surface area contributed by atoms with Crippen molar-refractivity contribution < 1.29 is 20.1 Å². The Morgan fingerprint density at radius 2 is 2.05 bits per heavy atom. The molecule has 8 N–H and O–H groups in total. The van der Waals surface area contributed by atoms with Gasteiger partial charge in [-0.3, -0.25) is 0 Å². The molecule has 20 heavy (non-hydrogen) atoms. The molecule has 2 aliphatic rings. The Hall–Kier alpha value is -1.88. The average Bonchev–Trinajstić information content (AvgIpc) is 2.93. The number of nitrogens with zero attached hydrogens (tertiary/aromatic N) is 3. The summed E-state index contributed by atoms with van der Waals surface area (Å²) in [7, 11) is 0. The zero-order chi connectivity index (χ0) is 14.4. The van der Waals surface area contributed by atoms with Gasteiger partial charge in [-0.15, -0.1) is 0 Å². The monoisotopic (exact) mass is 284 g/mol. The molecule has 0 radical (unpaired) electrons. The van der Waals surface area contributed by atoms with Crippen molar-refractivity contribution >= 4 is 23.3 Å². The maximum absolute atomic E-state index is 10.0. The number of fused-ring (bicyclic) bond motifs is 1. The quantitative estimate of drug-likeness (QED) is 0.336. The van der Waals surface area contributed by atoms with Crippen LogP contribution in [0.4, 0.5) is 23.3 Å². The fourth-order valence-corrected chi connectivity index (χ4v) is 2.49. The van der Waals surface area contributed by atoms with E-state index in [9.17, 15) is 10.2 Å². The molecule has 4 atom stereocenters. The minimum atomic E-state index is -1.18. The van der Waals surface area contributed by atoms with Gasteiger partial charge in [0.05, 0.1) is 13.3 Å². The molecule has 3 heterocycles. The molecule has 0 aliphatic carbocycles. The number of nitrogens with two attached hydrogens (primary N) is 2. The van der Waals surface area contributed by atoms with Gasteiger partial charge in [-0.1, -0.05) is 0 Å². The number of nitrogen functional groups attached to an aromatic ring is 2. The summed E-state index contributed by atoms with van der Waals surface area (Å²) >= 11 is 0. The fourth-order valence-electron chi connectivity index (χ4n) is 2.49. The number of hydrogen-bond donors (Lipinski definition) is 6. The van der Waals surface area contributed by atoms with E-state index < -0.39 is 31.1 Å². The van der Waals surface area contributed by atoms with Crippen LogP contribution in [-0.4, -0.2) is 63.1 Å². The number of aliphatic hydroxyl groups is 3. The Kier molecular flexibility index (Phi) is 3.01. The molecule has 0 saturated carbocycles. The molecule has 3 rings (SSSR count). The largest absolute Gasteiger partial charge is 0.394 e. The molecule has 10 heteroatoms. The molecule has 110 valence electrons. The molecule has 0 amide bonds. The van der Waals surface area contributed by atoms with Crippen LogP contribution in [0.5, 0.6) is 0 Å². The Morgan fingerprint density at radius 1 is 1.30 bits per heavy atom. The van der Waals surface area contributed by atoms with Crippen LogP contribution in [0.3, 0.4) is 0 Å². The number of rotatable bonds is 2. The summed E-state index contributed by atoms with van der Waals surface area (Å²) in [5, 5.41) is 31.9. The molecule has 1 saturated heterocycles. The van der Waals surface area contributed by atoms with Crippen LogP contribution in [0.25, 0.3) is 0 Å². The number of aliphatic hydroxyl groups excluding tert-OH is 3. The Morgan fingerprint density at radius 3 is 2.70 bits per heavy atom. The number of nitrogens with one attached hydrogen (secondary N) is 1. The second-order valence-electron chi connectivity index (χ2n) is 4.70. The molecule has 1 aromatic rings. The highest BCUT2D eigenvalue weighted by atomic mass is 16.6. The number of hydrogen-bond acceptors (Lipinski definition) is 10. The number of anilines is 4. The van der Waals surface area contributed by atoms with Crippen molar-refractivity contribution in [2.75, 3.05) is 35.0 Å². The van der Waals surface area contributed by atoms with Crippen LogP contribution >= 0.6 is 0 Å². The molecule has 10 nitrogen and oxygen atoms in total. The van der Waals surface area contributed by atoms with Crippen LogP contribution in [-0.2, 0) is 4.74 Å². The van der Waals surface area contributed by atoms with E-state index in [0.717, 1.165) is 0 Å². The smallest absolute Gasteiger partial charge is 0.224 e. The van der Waals surface area contributed by atoms with Gasteiger partial charge in [-0.2, -0.15) is 9.97 Å². The van der Waals surface area contributed by atoms with Gasteiger partial charge >= 0.3 is 0 Å². The lowest BCUT2D eigenvalue weighted by atomic mass is 10.1. The van der Waals surface area contributed by atoms with Gasteiger partial charge in [0.25, 0.3) is 0 Å². The number of aromatic nitrogens is 2. The normalized spacial score (nSPS) is 32.2. The second-order valence-corrected chi connectivity index (χ2v) is 4.70. The minimum absolute atomic E-state index is 0.0387. The summed E-state index contributed by atoms with van der Waals surface area (Å²) in [5.41, 5.74) is 11.8. The molecule has 0 bridgehead atoms. The SMILES string of the molecule is Nc1nc(N)c2c(n1)NCN2[C@@H]1O[C@H](CO)[C@@H](O)[C@H]1O. The van der Waals surface area contributed by atoms with Gasteiger partial charge in [0.1, 0.15) is 24.0 Å². The molecule has 1 fully saturated rings. The Labute approximate surface area is 114 Å². The van der Waals surface area contributed by atoms with Gasteiger partial charge < -0.3 is 41.7 Å². The average molecular weight is 284 g/mol. The van der Waals surface area contributed by atoms with Crippen LogP contribution < -0.4 is 21.7 Å². The van der Waals surface area contributed by atoms with Crippen molar-refractivity contribution in [3.8, 4) is 0 Å². The van der Waals surface area contributed by atoms with E-state index in [1.54, 1.807) is 4.90 Å². The van der Waals surface area contributed by atoms with Crippen LogP contribution in [0.2, 0.25) is 0 Å². The molecule has 2 aliphatic heterocycles. The predicted octanol–water partition coefficient (Wildman–Crippen LogP) is -2.73. The van der Waals surface area contributed by atoms with Crippen molar-refractivity contribution in [1.29, 1.82) is 0 Å². The first-order valence-corrected chi connectivity index (χ1v) is 6.09. The maximum atomic E-state index is 10.0. The van der Waals surface area contributed by atoms with Gasteiger partial charge in [0.15, 0.2) is 17.9 Å². The summed E-state index contributed by atoms with van der Waals surface area (Å²) in [5.74, 6) is 0.625. The number of ether oxygens (including phenoxy) is 1. The summed E-state index contributed by atoms with van der Waals surface area (Å²) in [4.78, 5) is 9.46. The lowest BCUT2D eigenvalue weighted by molar-refractivity contribution is -0.0218. The van der Waals surface area contributed by atoms with Crippen LogP contribution in [0.15, 0.2) is 0 Å². The third kappa shape index (κ3) is 1.81. The van der Waals surface area contributed by atoms with Gasteiger partial charge in [0, 0.05) is 0 Å². The van der Waals surface area contributed by atoms with Gasteiger partial charge in [-0.05, 0) is 0 Å². The minimum Gasteiger partial charge on any atom is -0.394 e. The van der Waals surface area contributed by atoms with E-state index in [0.29, 0.717) is 11.5 Å². The highest BCUT2D eigenvalue weighted by molar-refractivity contribution is 5.81. The zero-order valence-electron chi connectivity index (χ0n) is 10.5. The standard InChI is InChI=1S/C10H16N6O4/c11-7-4-8(15-10(12)14-7)13-2-16(4)9-6(19)5(18)3(1-17)20-9/h3,5-6,9,17-19H,1-2H2,(H5,11,12,13,14,15)/t3-,5-,6-,9-/m1/s1. The highest BCUT2D eigenvalue weighted by Crippen LogP contribution is 2.38. The van der Waals surface area contributed by atoms with E-state index in [2.05, 4.69) is 15.3 Å². The molecule has 1 aromatic heterocycles. The summed E-state index contributed by atoms with van der Waals surface area (Å²) in [6.45, 7) is -0.124. The van der Waals surface area contributed by atoms with Crippen LogP contribution in [0, 0.1) is 0 Å². The van der Waals surface area contributed by atoms with E-state index in [4.69, 9.17) is 21.3 Å². The lowest BCUT2D eigenvalue weighted by Gasteiger charge is -2.27. The zero-order valence-corrected chi connectivity index (χ0v) is 10.5. The first-order chi connectivity index (χ1) is 9.52. The van der Waals surface area contributed by atoms with Crippen molar-refractivity contribution in [3.05, 3.63) is 0 Å². The Balaban J connectivity index is 1.92. The summed E-state index contributed by atoms with van der Waals surface area (Å²) in [6.07, 6.45) is -4.07. The second kappa shape index (κ2) is 4.59. The lowest BCUT2D eigenvalue weighted by Crippen LogP contribution is -2.44. The van der Waals surface area contributed by atoms with E-state index in [1.165, 1.54) is 0 Å². The first-order valence-electron chi connectivity index (χ1n) is 6.09. The predicted molar refractivity (Wildman–Crippen MR) is 69.6 cm³/mol.